The molecular formula is C14H24N2O2. The van der Waals surface area contributed by atoms with Gasteiger partial charge in [0.05, 0.1) is 6.54 Å². The highest BCUT2D eigenvalue weighted by Gasteiger charge is 2.28. The SMILES string of the molecule is C#CC(CC)(CC)NC(=O)CN1CCC(CO)C1. The Balaban J connectivity index is 2.45. The van der Waals surface area contributed by atoms with Crippen LogP contribution in [0.25, 0.3) is 0 Å². The molecule has 1 fully saturated rings. The van der Waals surface area contributed by atoms with Gasteiger partial charge >= 0.3 is 0 Å². The van der Waals surface area contributed by atoms with Gasteiger partial charge in [-0.3, -0.25) is 9.69 Å². The predicted octanol–water partition coefficient (Wildman–Crippen LogP) is 0.609. The van der Waals surface area contributed by atoms with E-state index in [4.69, 9.17) is 11.5 Å². The Bertz CT molecular complexity index is 318. The van der Waals surface area contributed by atoms with Crippen LogP contribution < -0.4 is 5.32 Å². The van der Waals surface area contributed by atoms with Gasteiger partial charge in [-0.2, -0.15) is 0 Å². The minimum absolute atomic E-state index is 0.0183. The fourth-order valence-corrected chi connectivity index (χ4v) is 2.38. The second-order valence-electron chi connectivity index (χ2n) is 5.05. The van der Waals surface area contributed by atoms with Gasteiger partial charge in [0.25, 0.3) is 0 Å². The number of carbonyl (C=O) groups excluding carboxylic acids is 1. The van der Waals surface area contributed by atoms with Gasteiger partial charge in [0.15, 0.2) is 0 Å². The van der Waals surface area contributed by atoms with Crippen molar-refractivity contribution < 1.29 is 9.90 Å². The Morgan fingerprint density at radius 2 is 2.22 bits per heavy atom. The molecule has 0 aromatic carbocycles. The van der Waals surface area contributed by atoms with Crippen molar-refractivity contribution in [1.29, 1.82) is 0 Å². The summed E-state index contributed by atoms with van der Waals surface area (Å²) in [7, 11) is 0. The molecular weight excluding hydrogens is 228 g/mol. The van der Waals surface area contributed by atoms with Crippen LogP contribution >= 0.6 is 0 Å². The molecule has 1 amide bonds. The van der Waals surface area contributed by atoms with Crippen LogP contribution in [0.4, 0.5) is 0 Å². The number of nitrogens with zero attached hydrogens (tertiary/aromatic N) is 1. The molecule has 1 aliphatic rings. The largest absolute Gasteiger partial charge is 0.396 e. The van der Waals surface area contributed by atoms with Crippen molar-refractivity contribution in [3.05, 3.63) is 0 Å². The minimum atomic E-state index is -0.507. The number of amides is 1. The molecule has 1 unspecified atom stereocenters. The third-order valence-corrected chi connectivity index (χ3v) is 3.86. The van der Waals surface area contributed by atoms with Crippen LogP contribution in [0.2, 0.25) is 0 Å². The first kappa shape index (κ1) is 15.0. The van der Waals surface area contributed by atoms with Gasteiger partial charge in [-0.25, -0.2) is 0 Å². The highest BCUT2D eigenvalue weighted by atomic mass is 16.3. The molecule has 0 aromatic rings. The smallest absolute Gasteiger partial charge is 0.235 e. The van der Waals surface area contributed by atoms with Crippen molar-refractivity contribution in [2.24, 2.45) is 5.92 Å². The van der Waals surface area contributed by atoms with E-state index in [2.05, 4.69) is 16.1 Å². The van der Waals surface area contributed by atoms with Gasteiger partial charge in [0.2, 0.25) is 5.91 Å². The average molecular weight is 252 g/mol. The number of terminal acetylenes is 1. The molecule has 1 atom stereocenters. The van der Waals surface area contributed by atoms with Crippen molar-refractivity contribution in [3.63, 3.8) is 0 Å². The summed E-state index contributed by atoms with van der Waals surface area (Å²) in [6.07, 6.45) is 7.96. The minimum Gasteiger partial charge on any atom is -0.396 e. The lowest BCUT2D eigenvalue weighted by atomic mass is 9.94. The summed E-state index contributed by atoms with van der Waals surface area (Å²) in [5.74, 6) is 2.99. The zero-order valence-corrected chi connectivity index (χ0v) is 11.4. The number of nitrogens with one attached hydrogen (secondary N) is 1. The van der Waals surface area contributed by atoms with E-state index in [0.717, 1.165) is 32.4 Å². The maximum absolute atomic E-state index is 12.0. The summed E-state index contributed by atoms with van der Waals surface area (Å²) in [5.41, 5.74) is -0.507. The van der Waals surface area contributed by atoms with Gasteiger partial charge in [-0.15, -0.1) is 6.42 Å². The van der Waals surface area contributed by atoms with E-state index in [1.165, 1.54) is 0 Å². The summed E-state index contributed by atoms with van der Waals surface area (Å²) < 4.78 is 0. The fraction of sp³-hybridized carbons (Fsp3) is 0.786. The number of carbonyl (C=O) groups is 1. The van der Waals surface area contributed by atoms with E-state index in [-0.39, 0.29) is 12.5 Å². The number of aliphatic hydroxyl groups is 1. The molecule has 0 aliphatic carbocycles. The van der Waals surface area contributed by atoms with Crippen LogP contribution in [0.5, 0.6) is 0 Å². The number of aliphatic hydroxyl groups excluding tert-OH is 1. The average Bonchev–Trinajstić information content (AvgIpc) is 2.83. The molecule has 4 heteroatoms. The Kier molecular flexibility index (Phi) is 5.64. The first-order valence-corrected chi connectivity index (χ1v) is 6.71. The van der Waals surface area contributed by atoms with Gasteiger partial charge in [-0.1, -0.05) is 19.8 Å². The highest BCUT2D eigenvalue weighted by molar-refractivity contribution is 5.79. The van der Waals surface area contributed by atoms with E-state index in [1.54, 1.807) is 0 Å². The van der Waals surface area contributed by atoms with E-state index in [0.29, 0.717) is 12.5 Å². The molecule has 18 heavy (non-hydrogen) atoms. The van der Waals surface area contributed by atoms with Gasteiger partial charge in [-0.05, 0) is 31.7 Å². The van der Waals surface area contributed by atoms with Crippen LogP contribution in [-0.4, -0.2) is 47.7 Å². The van der Waals surface area contributed by atoms with Crippen molar-refractivity contribution in [2.75, 3.05) is 26.2 Å². The van der Waals surface area contributed by atoms with Crippen molar-refractivity contribution in [3.8, 4) is 12.3 Å². The summed E-state index contributed by atoms with van der Waals surface area (Å²) >= 11 is 0. The second-order valence-corrected chi connectivity index (χ2v) is 5.05. The summed E-state index contributed by atoms with van der Waals surface area (Å²) in [6, 6.07) is 0. The molecule has 0 bridgehead atoms. The number of likely N-dealkylation sites (tertiary alicyclic amines) is 1. The molecule has 0 aromatic heterocycles. The normalized spacial score (nSPS) is 20.7. The molecule has 0 spiro atoms. The lowest BCUT2D eigenvalue weighted by molar-refractivity contribution is -0.123. The van der Waals surface area contributed by atoms with Crippen LogP contribution in [0.15, 0.2) is 0 Å². The number of hydrogen-bond acceptors (Lipinski definition) is 3. The quantitative estimate of drug-likeness (QED) is 0.681. The molecule has 1 rings (SSSR count). The topological polar surface area (TPSA) is 52.6 Å². The van der Waals surface area contributed by atoms with E-state index in [1.807, 2.05) is 13.8 Å². The molecule has 1 aliphatic heterocycles. The monoisotopic (exact) mass is 252 g/mol. The van der Waals surface area contributed by atoms with E-state index < -0.39 is 5.54 Å². The molecule has 1 saturated heterocycles. The Hall–Kier alpha value is -1.05. The van der Waals surface area contributed by atoms with Crippen LogP contribution in [0.1, 0.15) is 33.1 Å². The maximum atomic E-state index is 12.0. The highest BCUT2D eigenvalue weighted by Crippen LogP contribution is 2.16. The first-order chi connectivity index (χ1) is 8.59. The van der Waals surface area contributed by atoms with Crippen molar-refractivity contribution >= 4 is 5.91 Å². The van der Waals surface area contributed by atoms with Crippen molar-refractivity contribution in [2.45, 2.75) is 38.6 Å². The van der Waals surface area contributed by atoms with Crippen LogP contribution in [-0.2, 0) is 4.79 Å². The van der Waals surface area contributed by atoms with Gasteiger partial charge < -0.3 is 10.4 Å². The summed E-state index contributed by atoms with van der Waals surface area (Å²) in [6.45, 7) is 6.23. The third-order valence-electron chi connectivity index (χ3n) is 3.86. The molecule has 0 radical (unpaired) electrons. The first-order valence-electron chi connectivity index (χ1n) is 6.71. The zero-order valence-electron chi connectivity index (χ0n) is 11.4. The Morgan fingerprint density at radius 1 is 1.56 bits per heavy atom. The molecule has 102 valence electrons. The number of hydrogen-bond donors (Lipinski definition) is 2. The lowest BCUT2D eigenvalue weighted by Gasteiger charge is -2.28. The van der Waals surface area contributed by atoms with Crippen molar-refractivity contribution in [1.82, 2.24) is 10.2 Å². The Morgan fingerprint density at radius 3 is 2.67 bits per heavy atom. The number of rotatable bonds is 6. The second kappa shape index (κ2) is 6.77. The lowest BCUT2D eigenvalue weighted by Crippen LogP contribution is -2.49. The molecule has 2 N–H and O–H groups in total. The van der Waals surface area contributed by atoms with Gasteiger partial charge in [0, 0.05) is 13.2 Å². The molecule has 4 nitrogen and oxygen atoms in total. The van der Waals surface area contributed by atoms with E-state index in [9.17, 15) is 4.79 Å². The standard InChI is InChI=1S/C14H24N2O2/c1-4-14(5-2,6-3)15-13(18)10-16-8-7-12(9-16)11-17/h1,12,17H,5-11H2,2-3H3,(H,15,18). The third kappa shape index (κ3) is 3.72. The predicted molar refractivity (Wildman–Crippen MR) is 71.9 cm³/mol. The van der Waals surface area contributed by atoms with Gasteiger partial charge in [0.1, 0.15) is 5.54 Å². The Labute approximate surface area is 110 Å². The van der Waals surface area contributed by atoms with Crippen LogP contribution in [0.3, 0.4) is 0 Å². The maximum Gasteiger partial charge on any atom is 0.235 e. The van der Waals surface area contributed by atoms with E-state index >= 15 is 0 Å². The fourth-order valence-electron chi connectivity index (χ4n) is 2.38. The molecule has 0 saturated carbocycles. The van der Waals surface area contributed by atoms with Crippen LogP contribution in [0, 0.1) is 18.3 Å². The zero-order chi connectivity index (χ0) is 13.6. The molecule has 1 heterocycles. The summed E-state index contributed by atoms with van der Waals surface area (Å²) in [4.78, 5) is 14.0. The summed E-state index contributed by atoms with van der Waals surface area (Å²) in [5, 5.41) is 12.0.